The van der Waals surface area contributed by atoms with Gasteiger partial charge in [-0.2, -0.15) is 0 Å². The predicted molar refractivity (Wildman–Crippen MR) is 92.5 cm³/mol. The van der Waals surface area contributed by atoms with Crippen LogP contribution in [0.1, 0.15) is 38.5 Å². The Bertz CT molecular complexity index is 525. The molecule has 24 heavy (non-hydrogen) atoms. The molecule has 2 aliphatic heterocycles. The third-order valence-corrected chi connectivity index (χ3v) is 4.27. The van der Waals surface area contributed by atoms with Crippen LogP contribution in [0.4, 0.5) is 17.1 Å². The number of nitrogens with zero attached hydrogens (tertiary/aromatic N) is 3. The van der Waals surface area contributed by atoms with Crippen LogP contribution < -0.4 is 10.2 Å². The van der Waals surface area contributed by atoms with Crippen LogP contribution in [0.3, 0.4) is 0 Å². The summed E-state index contributed by atoms with van der Waals surface area (Å²) in [5.41, 5.74) is -0.232. The Morgan fingerprint density at radius 1 is 0.833 bits per heavy atom. The van der Waals surface area contributed by atoms with Gasteiger partial charge in [0.15, 0.2) is 5.69 Å². The molecule has 8 nitrogen and oxygen atoms in total. The second-order valence-corrected chi connectivity index (χ2v) is 6.02. The Morgan fingerprint density at radius 3 is 1.71 bits per heavy atom. The SMILES string of the molecule is C1CCNCC1.O=[N+]([O-])c1cccc([N+](=O)[O-])c1N1CCCCC1. The first-order valence-corrected chi connectivity index (χ1v) is 8.48. The van der Waals surface area contributed by atoms with E-state index in [0.29, 0.717) is 13.1 Å². The zero-order valence-corrected chi connectivity index (χ0v) is 13.8. The van der Waals surface area contributed by atoms with Crippen molar-refractivity contribution in [1.29, 1.82) is 0 Å². The lowest BCUT2D eigenvalue weighted by Gasteiger charge is -2.27. The number of hydrogen-bond acceptors (Lipinski definition) is 6. The fraction of sp³-hybridized carbons (Fsp3) is 0.625. The zero-order chi connectivity index (χ0) is 17.4. The normalized spacial score (nSPS) is 17.6. The molecule has 0 bridgehead atoms. The lowest BCUT2D eigenvalue weighted by atomic mass is 10.1. The highest BCUT2D eigenvalue weighted by Crippen LogP contribution is 2.38. The first kappa shape index (κ1) is 18.1. The van der Waals surface area contributed by atoms with E-state index in [9.17, 15) is 20.2 Å². The highest BCUT2D eigenvalue weighted by molar-refractivity contribution is 5.75. The maximum absolute atomic E-state index is 11.0. The second kappa shape index (κ2) is 9.17. The van der Waals surface area contributed by atoms with Crippen molar-refractivity contribution in [2.24, 2.45) is 0 Å². The second-order valence-electron chi connectivity index (χ2n) is 6.02. The van der Waals surface area contributed by atoms with Gasteiger partial charge in [0, 0.05) is 25.2 Å². The maximum Gasteiger partial charge on any atom is 0.299 e. The van der Waals surface area contributed by atoms with Crippen LogP contribution in [0, 0.1) is 20.2 Å². The predicted octanol–water partition coefficient (Wildman–Crippen LogP) is 3.25. The highest BCUT2D eigenvalue weighted by atomic mass is 16.6. The van der Waals surface area contributed by atoms with Crippen molar-refractivity contribution < 1.29 is 9.85 Å². The van der Waals surface area contributed by atoms with Crippen LogP contribution in [0.15, 0.2) is 18.2 Å². The monoisotopic (exact) mass is 336 g/mol. The first-order chi connectivity index (χ1) is 11.6. The summed E-state index contributed by atoms with van der Waals surface area (Å²) in [5, 5.41) is 25.3. The van der Waals surface area contributed by atoms with E-state index in [-0.39, 0.29) is 17.1 Å². The summed E-state index contributed by atoms with van der Waals surface area (Å²) in [4.78, 5) is 22.6. The molecule has 3 rings (SSSR count). The standard InChI is InChI=1S/C11H13N3O4.C5H11N/c15-13(16)9-5-4-6-10(14(17)18)11(9)12-7-2-1-3-8-12;1-2-4-6-5-3-1/h4-6H,1-3,7-8H2;6H,1-5H2. The van der Waals surface area contributed by atoms with Crippen molar-refractivity contribution in [3.63, 3.8) is 0 Å². The largest absolute Gasteiger partial charge is 0.360 e. The number of para-hydroxylation sites is 1. The smallest absolute Gasteiger partial charge is 0.299 e. The lowest BCUT2D eigenvalue weighted by molar-refractivity contribution is -0.392. The molecule has 2 heterocycles. The summed E-state index contributed by atoms with van der Waals surface area (Å²) in [5.74, 6) is 0. The van der Waals surface area contributed by atoms with Gasteiger partial charge in [0.1, 0.15) is 0 Å². The van der Waals surface area contributed by atoms with Crippen LogP contribution in [0.5, 0.6) is 0 Å². The van der Waals surface area contributed by atoms with Crippen molar-refractivity contribution in [2.75, 3.05) is 31.1 Å². The molecule has 0 aromatic heterocycles. The first-order valence-electron chi connectivity index (χ1n) is 8.48. The molecule has 0 spiro atoms. The van der Waals surface area contributed by atoms with Gasteiger partial charge < -0.3 is 10.2 Å². The minimum Gasteiger partial charge on any atom is -0.360 e. The van der Waals surface area contributed by atoms with Gasteiger partial charge in [-0.25, -0.2) is 0 Å². The molecule has 2 saturated heterocycles. The summed E-state index contributed by atoms with van der Waals surface area (Å²) >= 11 is 0. The fourth-order valence-electron chi connectivity index (χ4n) is 3.06. The van der Waals surface area contributed by atoms with Gasteiger partial charge in [-0.05, 0) is 51.3 Å². The van der Waals surface area contributed by atoms with Gasteiger partial charge in [0.25, 0.3) is 11.4 Å². The molecular formula is C16H24N4O4. The summed E-state index contributed by atoms with van der Waals surface area (Å²) < 4.78 is 0. The van der Waals surface area contributed by atoms with Crippen LogP contribution in [0.2, 0.25) is 0 Å². The average molecular weight is 336 g/mol. The van der Waals surface area contributed by atoms with Crippen LogP contribution in [-0.2, 0) is 0 Å². The summed E-state index contributed by atoms with van der Waals surface area (Å²) in [6, 6.07) is 3.98. The Balaban J connectivity index is 0.000000292. The fourth-order valence-corrected chi connectivity index (χ4v) is 3.06. The number of rotatable bonds is 3. The number of nitro groups is 2. The number of nitro benzene ring substituents is 2. The van der Waals surface area contributed by atoms with E-state index in [1.54, 1.807) is 4.90 Å². The van der Waals surface area contributed by atoms with Crippen molar-refractivity contribution >= 4 is 17.1 Å². The van der Waals surface area contributed by atoms with E-state index >= 15 is 0 Å². The molecular weight excluding hydrogens is 312 g/mol. The molecule has 2 fully saturated rings. The molecule has 1 aromatic carbocycles. The minimum atomic E-state index is -0.559. The van der Waals surface area contributed by atoms with E-state index < -0.39 is 9.85 Å². The molecule has 0 amide bonds. The summed E-state index contributed by atoms with van der Waals surface area (Å²) in [6.07, 6.45) is 7.09. The summed E-state index contributed by atoms with van der Waals surface area (Å²) in [7, 11) is 0. The number of hydrogen-bond donors (Lipinski definition) is 1. The zero-order valence-electron chi connectivity index (χ0n) is 13.8. The molecule has 1 N–H and O–H groups in total. The van der Waals surface area contributed by atoms with Crippen molar-refractivity contribution in [3.05, 3.63) is 38.4 Å². The van der Waals surface area contributed by atoms with E-state index in [4.69, 9.17) is 0 Å². The van der Waals surface area contributed by atoms with Crippen molar-refractivity contribution in [3.8, 4) is 0 Å². The number of benzene rings is 1. The Kier molecular flexibility index (Phi) is 6.92. The van der Waals surface area contributed by atoms with Gasteiger partial charge in [-0.3, -0.25) is 20.2 Å². The Morgan fingerprint density at radius 2 is 1.33 bits per heavy atom. The van der Waals surface area contributed by atoms with Crippen LogP contribution in [0.25, 0.3) is 0 Å². The molecule has 8 heteroatoms. The Hall–Kier alpha value is -2.22. The van der Waals surface area contributed by atoms with Crippen molar-refractivity contribution in [1.82, 2.24) is 5.32 Å². The average Bonchev–Trinajstić information content (AvgIpc) is 2.63. The van der Waals surface area contributed by atoms with E-state index in [1.165, 1.54) is 50.6 Å². The third kappa shape index (κ3) is 4.89. The minimum absolute atomic E-state index is 0.146. The molecule has 0 radical (unpaired) electrons. The quantitative estimate of drug-likeness (QED) is 0.671. The summed E-state index contributed by atoms with van der Waals surface area (Å²) in [6.45, 7) is 3.76. The number of piperidine rings is 2. The van der Waals surface area contributed by atoms with Crippen molar-refractivity contribution in [2.45, 2.75) is 38.5 Å². The molecule has 0 aliphatic carbocycles. The topological polar surface area (TPSA) is 102 Å². The molecule has 0 atom stereocenters. The van der Waals surface area contributed by atoms with Gasteiger partial charge in [-0.15, -0.1) is 0 Å². The molecule has 132 valence electrons. The lowest BCUT2D eigenvalue weighted by Crippen LogP contribution is -2.30. The molecule has 0 saturated carbocycles. The molecule has 0 unspecified atom stereocenters. The molecule has 2 aliphatic rings. The van der Waals surface area contributed by atoms with Gasteiger partial charge >= 0.3 is 0 Å². The highest BCUT2D eigenvalue weighted by Gasteiger charge is 2.29. The van der Waals surface area contributed by atoms with E-state index in [1.807, 2.05) is 0 Å². The van der Waals surface area contributed by atoms with Gasteiger partial charge in [0.2, 0.25) is 0 Å². The van der Waals surface area contributed by atoms with E-state index in [0.717, 1.165) is 19.3 Å². The Labute approximate surface area is 141 Å². The van der Waals surface area contributed by atoms with Gasteiger partial charge in [0.05, 0.1) is 9.85 Å². The van der Waals surface area contributed by atoms with Crippen LogP contribution >= 0.6 is 0 Å². The third-order valence-electron chi connectivity index (χ3n) is 4.27. The maximum atomic E-state index is 11.0. The van der Waals surface area contributed by atoms with Gasteiger partial charge in [-0.1, -0.05) is 6.42 Å². The van der Waals surface area contributed by atoms with E-state index in [2.05, 4.69) is 5.32 Å². The molecule has 1 aromatic rings. The van der Waals surface area contributed by atoms with Crippen LogP contribution in [-0.4, -0.2) is 36.0 Å². The number of anilines is 1. The number of nitrogens with one attached hydrogen (secondary N) is 1.